The van der Waals surface area contributed by atoms with Gasteiger partial charge in [0.25, 0.3) is 0 Å². The SMILES string of the molecule is CCC(Nc1nc(C)nc(NN)c1C)c1nccs1. The van der Waals surface area contributed by atoms with Gasteiger partial charge in [-0.3, -0.25) is 0 Å². The van der Waals surface area contributed by atoms with Gasteiger partial charge in [-0.05, 0) is 20.3 Å². The zero-order valence-electron chi connectivity index (χ0n) is 11.3. The van der Waals surface area contributed by atoms with Crippen molar-refractivity contribution < 1.29 is 0 Å². The van der Waals surface area contributed by atoms with E-state index in [1.54, 1.807) is 11.3 Å². The molecule has 0 radical (unpaired) electrons. The zero-order valence-corrected chi connectivity index (χ0v) is 12.1. The van der Waals surface area contributed by atoms with Crippen molar-refractivity contribution in [1.82, 2.24) is 15.0 Å². The Morgan fingerprint density at radius 1 is 1.32 bits per heavy atom. The number of nitrogen functional groups attached to an aromatic ring is 1. The first-order chi connectivity index (χ1) is 9.15. The van der Waals surface area contributed by atoms with Gasteiger partial charge in [-0.2, -0.15) is 0 Å². The fourth-order valence-corrected chi connectivity index (χ4v) is 2.59. The summed E-state index contributed by atoms with van der Waals surface area (Å²) in [7, 11) is 0. The van der Waals surface area contributed by atoms with Crippen LogP contribution in [0.1, 0.15) is 35.8 Å². The summed E-state index contributed by atoms with van der Waals surface area (Å²) in [6.45, 7) is 5.89. The van der Waals surface area contributed by atoms with Gasteiger partial charge in [0.05, 0.1) is 6.04 Å². The van der Waals surface area contributed by atoms with Gasteiger partial charge in [0.15, 0.2) is 0 Å². The second kappa shape index (κ2) is 5.94. The summed E-state index contributed by atoms with van der Waals surface area (Å²) in [6.07, 6.45) is 2.75. The number of hydrogen-bond donors (Lipinski definition) is 3. The number of hydrogen-bond acceptors (Lipinski definition) is 7. The normalized spacial score (nSPS) is 12.2. The molecule has 0 aromatic carbocycles. The average molecular weight is 278 g/mol. The Bertz CT molecular complexity index is 539. The summed E-state index contributed by atoms with van der Waals surface area (Å²) in [5.41, 5.74) is 3.50. The monoisotopic (exact) mass is 278 g/mol. The van der Waals surface area contributed by atoms with E-state index in [-0.39, 0.29) is 6.04 Å². The van der Waals surface area contributed by atoms with E-state index in [2.05, 4.69) is 32.6 Å². The summed E-state index contributed by atoms with van der Waals surface area (Å²) in [4.78, 5) is 13.0. The Labute approximate surface area is 116 Å². The molecule has 2 aromatic heterocycles. The minimum atomic E-state index is 0.152. The van der Waals surface area contributed by atoms with Gasteiger partial charge in [-0.15, -0.1) is 11.3 Å². The zero-order chi connectivity index (χ0) is 13.8. The Morgan fingerprint density at radius 3 is 2.63 bits per heavy atom. The molecule has 0 spiro atoms. The number of nitrogens with one attached hydrogen (secondary N) is 2. The third kappa shape index (κ3) is 2.99. The van der Waals surface area contributed by atoms with Crippen LogP contribution < -0.4 is 16.6 Å². The third-order valence-corrected chi connectivity index (χ3v) is 3.75. The summed E-state index contributed by atoms with van der Waals surface area (Å²) >= 11 is 1.64. The molecule has 19 heavy (non-hydrogen) atoms. The van der Waals surface area contributed by atoms with Gasteiger partial charge in [0.1, 0.15) is 22.5 Å². The molecule has 0 saturated heterocycles. The van der Waals surface area contributed by atoms with Crippen molar-refractivity contribution >= 4 is 23.0 Å². The lowest BCUT2D eigenvalue weighted by atomic mass is 10.2. The van der Waals surface area contributed by atoms with Crippen molar-refractivity contribution in [3.8, 4) is 0 Å². The molecule has 0 fully saturated rings. The van der Waals surface area contributed by atoms with Crippen LogP contribution in [0.15, 0.2) is 11.6 Å². The molecule has 0 saturated carbocycles. The van der Waals surface area contributed by atoms with Gasteiger partial charge >= 0.3 is 0 Å². The topological polar surface area (TPSA) is 88.8 Å². The Morgan fingerprint density at radius 2 is 2.05 bits per heavy atom. The minimum absolute atomic E-state index is 0.152. The van der Waals surface area contributed by atoms with Crippen LogP contribution >= 0.6 is 11.3 Å². The molecule has 0 amide bonds. The Balaban J connectivity index is 2.29. The molecule has 4 N–H and O–H groups in total. The van der Waals surface area contributed by atoms with E-state index in [0.29, 0.717) is 11.6 Å². The standard InChI is InChI=1S/C12H18N6S/c1-4-9(12-14-5-6-19-12)17-10-7(2)11(18-13)16-8(3)15-10/h5-6,9H,4,13H2,1-3H3,(H2,15,16,17,18). The number of rotatable bonds is 5. The fourth-order valence-electron chi connectivity index (χ4n) is 1.82. The lowest BCUT2D eigenvalue weighted by Crippen LogP contribution is -2.16. The van der Waals surface area contributed by atoms with Crippen LogP contribution in [0.2, 0.25) is 0 Å². The number of thiazole rings is 1. The lowest BCUT2D eigenvalue weighted by molar-refractivity contribution is 0.734. The molecule has 2 aromatic rings. The highest BCUT2D eigenvalue weighted by atomic mass is 32.1. The predicted molar refractivity (Wildman–Crippen MR) is 78.1 cm³/mol. The van der Waals surface area contributed by atoms with Crippen LogP contribution in [0, 0.1) is 13.8 Å². The van der Waals surface area contributed by atoms with E-state index < -0.39 is 0 Å². The van der Waals surface area contributed by atoms with Crippen molar-refractivity contribution in [2.24, 2.45) is 5.84 Å². The van der Waals surface area contributed by atoms with Crippen molar-refractivity contribution in [3.05, 3.63) is 28.0 Å². The van der Waals surface area contributed by atoms with E-state index in [9.17, 15) is 0 Å². The molecule has 1 atom stereocenters. The number of nitrogens with zero attached hydrogens (tertiary/aromatic N) is 3. The number of aromatic nitrogens is 3. The third-order valence-electron chi connectivity index (χ3n) is 2.86. The van der Waals surface area contributed by atoms with Gasteiger partial charge in [-0.1, -0.05) is 6.92 Å². The number of hydrazine groups is 1. The quantitative estimate of drug-likeness (QED) is 0.575. The summed E-state index contributed by atoms with van der Waals surface area (Å²) < 4.78 is 0. The van der Waals surface area contributed by atoms with Crippen LogP contribution in [-0.2, 0) is 0 Å². The average Bonchev–Trinajstić information content (AvgIpc) is 2.93. The summed E-state index contributed by atoms with van der Waals surface area (Å²) in [5.74, 6) is 7.58. The second-order valence-corrected chi connectivity index (χ2v) is 5.14. The molecule has 2 heterocycles. The van der Waals surface area contributed by atoms with Crippen molar-refractivity contribution in [1.29, 1.82) is 0 Å². The highest BCUT2D eigenvalue weighted by Gasteiger charge is 2.15. The predicted octanol–water partition coefficient (Wildman–Crippen LogP) is 2.40. The minimum Gasteiger partial charge on any atom is -0.360 e. The van der Waals surface area contributed by atoms with Crippen molar-refractivity contribution in [2.45, 2.75) is 33.2 Å². The first-order valence-corrected chi connectivity index (χ1v) is 7.01. The highest BCUT2D eigenvalue weighted by molar-refractivity contribution is 7.09. The molecule has 102 valence electrons. The van der Waals surface area contributed by atoms with Crippen molar-refractivity contribution in [2.75, 3.05) is 10.7 Å². The highest BCUT2D eigenvalue weighted by Crippen LogP contribution is 2.26. The maximum Gasteiger partial charge on any atom is 0.148 e. The van der Waals surface area contributed by atoms with Crippen LogP contribution in [0.5, 0.6) is 0 Å². The van der Waals surface area contributed by atoms with Gasteiger partial charge in [0.2, 0.25) is 0 Å². The molecular weight excluding hydrogens is 260 g/mol. The van der Waals surface area contributed by atoms with Crippen LogP contribution in [-0.4, -0.2) is 15.0 Å². The Hall–Kier alpha value is -1.73. The summed E-state index contributed by atoms with van der Waals surface area (Å²) in [6, 6.07) is 0.152. The first-order valence-electron chi connectivity index (χ1n) is 6.13. The van der Waals surface area contributed by atoms with E-state index in [1.165, 1.54) is 0 Å². The maximum atomic E-state index is 5.47. The number of aryl methyl sites for hydroxylation is 1. The number of nitrogens with two attached hydrogens (primary N) is 1. The van der Waals surface area contributed by atoms with Crippen LogP contribution in [0.25, 0.3) is 0 Å². The molecule has 0 aliphatic rings. The van der Waals surface area contributed by atoms with Gasteiger partial charge in [0, 0.05) is 17.1 Å². The smallest absolute Gasteiger partial charge is 0.148 e. The van der Waals surface area contributed by atoms with E-state index >= 15 is 0 Å². The van der Waals surface area contributed by atoms with Gasteiger partial charge in [-0.25, -0.2) is 20.8 Å². The van der Waals surface area contributed by atoms with E-state index in [0.717, 1.165) is 22.8 Å². The lowest BCUT2D eigenvalue weighted by Gasteiger charge is -2.18. The first kappa shape index (κ1) is 13.7. The van der Waals surface area contributed by atoms with E-state index in [1.807, 2.05) is 25.4 Å². The largest absolute Gasteiger partial charge is 0.360 e. The molecule has 0 bridgehead atoms. The molecule has 7 heteroatoms. The molecule has 1 unspecified atom stereocenters. The molecule has 0 aliphatic heterocycles. The maximum absolute atomic E-state index is 5.47. The molecular formula is C12H18N6S. The summed E-state index contributed by atoms with van der Waals surface area (Å²) in [5, 5.41) is 6.45. The molecule has 2 rings (SSSR count). The molecule has 6 nitrogen and oxygen atoms in total. The fraction of sp³-hybridized carbons (Fsp3) is 0.417. The van der Waals surface area contributed by atoms with Gasteiger partial charge < -0.3 is 10.7 Å². The second-order valence-electron chi connectivity index (χ2n) is 4.21. The molecule has 0 aliphatic carbocycles. The van der Waals surface area contributed by atoms with Crippen LogP contribution in [0.3, 0.4) is 0 Å². The van der Waals surface area contributed by atoms with Crippen LogP contribution in [0.4, 0.5) is 11.6 Å². The van der Waals surface area contributed by atoms with Crippen molar-refractivity contribution in [3.63, 3.8) is 0 Å². The Kier molecular flexibility index (Phi) is 4.28. The van der Waals surface area contributed by atoms with E-state index in [4.69, 9.17) is 5.84 Å². The number of anilines is 2.